The van der Waals surface area contributed by atoms with Gasteiger partial charge in [-0.15, -0.1) is 0 Å². The van der Waals surface area contributed by atoms with Crippen LogP contribution in [0.2, 0.25) is 0 Å². The Bertz CT molecular complexity index is 971. The normalized spacial score (nSPS) is 13.9. The molecule has 0 fully saturated rings. The summed E-state index contributed by atoms with van der Waals surface area (Å²) in [4.78, 5) is 17.2. The summed E-state index contributed by atoms with van der Waals surface area (Å²) in [5, 5.41) is 7.91. The molecule has 0 atom stereocenters. The minimum Gasteiger partial charge on any atom is -0.497 e. The lowest BCUT2D eigenvalue weighted by Gasteiger charge is -2.38. The van der Waals surface area contributed by atoms with Crippen LogP contribution in [0.5, 0.6) is 5.75 Å². The summed E-state index contributed by atoms with van der Waals surface area (Å²) in [5.74, 6) is 0.610. The molecule has 0 bridgehead atoms. The van der Waals surface area contributed by atoms with Crippen LogP contribution in [0.4, 0.5) is 5.69 Å². The Kier molecular flexibility index (Phi) is 3.84. The number of ether oxygens (including phenoxy) is 1. The van der Waals surface area contributed by atoms with Gasteiger partial charge in [-0.05, 0) is 34.0 Å². The maximum atomic E-state index is 13.0. The molecule has 0 radical (unpaired) electrons. The molecule has 2 aromatic heterocycles. The number of methoxy groups -OCH3 is 1. The van der Waals surface area contributed by atoms with Crippen molar-refractivity contribution in [2.45, 2.75) is 6.42 Å². The Morgan fingerprint density at radius 2 is 2.16 bits per heavy atom. The smallest absolute Gasteiger partial charge is 0.292 e. The third-order valence-electron chi connectivity index (χ3n) is 4.33. The minimum absolute atomic E-state index is 0.155. The molecule has 3 heterocycles. The molecule has 3 aromatic rings. The first-order valence-electron chi connectivity index (χ1n) is 7.80. The van der Waals surface area contributed by atoms with Gasteiger partial charge in [0.15, 0.2) is 11.3 Å². The van der Waals surface area contributed by atoms with Crippen LogP contribution in [0.3, 0.4) is 0 Å². The van der Waals surface area contributed by atoms with Gasteiger partial charge in [0, 0.05) is 38.1 Å². The van der Waals surface area contributed by atoms with E-state index < -0.39 is 0 Å². The fraction of sp³-hybridized carbons (Fsp3) is 0.235. The number of fused-ring (bicyclic) bond motifs is 2. The molecule has 1 aliphatic rings. The van der Waals surface area contributed by atoms with Crippen LogP contribution >= 0.6 is 15.9 Å². The number of hydrogen-bond donors (Lipinski definition) is 0. The summed E-state index contributed by atoms with van der Waals surface area (Å²) in [6.45, 7) is 0.597. The van der Waals surface area contributed by atoms with Crippen molar-refractivity contribution in [1.29, 1.82) is 0 Å². The number of halogens is 1. The number of nitrogens with zero attached hydrogens (tertiary/aromatic N) is 5. The molecule has 128 valence electrons. The van der Waals surface area contributed by atoms with E-state index in [4.69, 9.17) is 4.74 Å². The summed E-state index contributed by atoms with van der Waals surface area (Å²) in [7, 11) is 3.51. The highest BCUT2D eigenvalue weighted by Crippen LogP contribution is 2.31. The molecular formula is C17H16BrN5O2. The third-order valence-corrected chi connectivity index (χ3v) is 4.74. The Hall–Kier alpha value is -2.61. The summed E-state index contributed by atoms with van der Waals surface area (Å²) in [6.07, 6.45) is 4.24. The van der Waals surface area contributed by atoms with Crippen molar-refractivity contribution >= 4 is 33.2 Å². The second-order valence-corrected chi connectivity index (χ2v) is 6.72. The van der Waals surface area contributed by atoms with Crippen LogP contribution in [0, 0.1) is 0 Å². The Labute approximate surface area is 152 Å². The Morgan fingerprint density at radius 1 is 1.32 bits per heavy atom. The van der Waals surface area contributed by atoms with Gasteiger partial charge in [0.1, 0.15) is 5.75 Å². The van der Waals surface area contributed by atoms with E-state index in [9.17, 15) is 4.79 Å². The van der Waals surface area contributed by atoms with Crippen LogP contribution in [-0.4, -0.2) is 46.2 Å². The number of carbonyl (C=O) groups excluding carboxylic acids is 1. The zero-order valence-electron chi connectivity index (χ0n) is 13.8. The van der Waals surface area contributed by atoms with Crippen LogP contribution in [0.15, 0.2) is 41.1 Å². The van der Waals surface area contributed by atoms with Gasteiger partial charge in [-0.1, -0.05) is 6.07 Å². The molecule has 0 spiro atoms. The predicted molar refractivity (Wildman–Crippen MR) is 96.8 cm³/mol. The first-order valence-corrected chi connectivity index (χ1v) is 8.59. The zero-order valence-corrected chi connectivity index (χ0v) is 15.4. The van der Waals surface area contributed by atoms with E-state index in [1.165, 1.54) is 5.56 Å². The van der Waals surface area contributed by atoms with Gasteiger partial charge >= 0.3 is 0 Å². The lowest BCUT2D eigenvalue weighted by atomic mass is 10.1. The summed E-state index contributed by atoms with van der Waals surface area (Å²) in [6, 6.07) is 7.62. The van der Waals surface area contributed by atoms with E-state index in [1.54, 1.807) is 35.1 Å². The van der Waals surface area contributed by atoms with Crippen molar-refractivity contribution in [2.75, 3.05) is 25.7 Å². The quantitative estimate of drug-likeness (QED) is 0.660. The first kappa shape index (κ1) is 15.9. The standard InChI is InChI=1S/C17H16BrN5O2/c1-21-15-7-13(25-2)4-3-11(15)5-6-23(21)17(24)14-8-16-19-9-12(18)10-22(16)20-14/h3-4,7-10H,5-6H2,1-2H3. The van der Waals surface area contributed by atoms with Crippen molar-refractivity contribution in [3.8, 4) is 5.75 Å². The highest BCUT2D eigenvalue weighted by atomic mass is 79.9. The average Bonchev–Trinajstić information content (AvgIpc) is 3.04. The second-order valence-electron chi connectivity index (χ2n) is 5.80. The number of hydrazine groups is 1. The fourth-order valence-electron chi connectivity index (χ4n) is 3.02. The molecule has 0 aliphatic carbocycles. The van der Waals surface area contributed by atoms with E-state index in [0.29, 0.717) is 17.9 Å². The lowest BCUT2D eigenvalue weighted by molar-refractivity contribution is 0.0732. The fourth-order valence-corrected chi connectivity index (χ4v) is 3.31. The van der Waals surface area contributed by atoms with Crippen LogP contribution in [0.1, 0.15) is 16.1 Å². The second kappa shape index (κ2) is 6.03. The topological polar surface area (TPSA) is 63.0 Å². The Balaban J connectivity index is 1.67. The SMILES string of the molecule is COc1ccc2c(c1)N(C)N(C(=O)c1cc3ncc(Br)cn3n1)CC2. The molecule has 25 heavy (non-hydrogen) atoms. The van der Waals surface area contributed by atoms with Crippen molar-refractivity contribution in [3.63, 3.8) is 0 Å². The van der Waals surface area contributed by atoms with Crippen molar-refractivity contribution in [3.05, 3.63) is 52.4 Å². The van der Waals surface area contributed by atoms with Crippen LogP contribution in [0.25, 0.3) is 5.65 Å². The van der Waals surface area contributed by atoms with E-state index >= 15 is 0 Å². The molecule has 1 amide bonds. The summed E-state index contributed by atoms with van der Waals surface area (Å²) in [5.41, 5.74) is 3.15. The van der Waals surface area contributed by atoms with Crippen molar-refractivity contribution < 1.29 is 9.53 Å². The van der Waals surface area contributed by atoms with E-state index in [1.807, 2.05) is 30.3 Å². The summed E-state index contributed by atoms with van der Waals surface area (Å²) < 4.78 is 7.70. The zero-order chi connectivity index (χ0) is 17.6. The van der Waals surface area contributed by atoms with Gasteiger partial charge in [0.2, 0.25) is 0 Å². The van der Waals surface area contributed by atoms with E-state index in [0.717, 1.165) is 22.3 Å². The first-order chi connectivity index (χ1) is 12.1. The molecule has 0 saturated carbocycles. The third kappa shape index (κ3) is 2.72. The highest BCUT2D eigenvalue weighted by molar-refractivity contribution is 9.10. The predicted octanol–water partition coefficient (Wildman–Crippen LogP) is 2.55. The van der Waals surface area contributed by atoms with Gasteiger partial charge in [-0.3, -0.25) is 9.80 Å². The molecular weight excluding hydrogens is 386 g/mol. The lowest BCUT2D eigenvalue weighted by Crippen LogP contribution is -2.48. The van der Waals surface area contributed by atoms with Gasteiger partial charge in [0.05, 0.1) is 17.3 Å². The monoisotopic (exact) mass is 401 g/mol. The average molecular weight is 402 g/mol. The number of benzene rings is 1. The van der Waals surface area contributed by atoms with Crippen LogP contribution < -0.4 is 9.75 Å². The number of hydrogen-bond acceptors (Lipinski definition) is 5. The number of aromatic nitrogens is 3. The van der Waals surface area contributed by atoms with Gasteiger partial charge in [-0.2, -0.15) is 5.10 Å². The number of rotatable bonds is 2. The molecule has 1 aromatic carbocycles. The number of anilines is 1. The van der Waals surface area contributed by atoms with E-state index in [2.05, 4.69) is 26.0 Å². The molecule has 7 nitrogen and oxygen atoms in total. The van der Waals surface area contributed by atoms with Gasteiger partial charge in [0.25, 0.3) is 5.91 Å². The van der Waals surface area contributed by atoms with Gasteiger partial charge in [-0.25, -0.2) is 14.5 Å². The molecule has 0 unspecified atom stereocenters. The van der Waals surface area contributed by atoms with Crippen molar-refractivity contribution in [2.24, 2.45) is 0 Å². The molecule has 1 aliphatic heterocycles. The van der Waals surface area contributed by atoms with Crippen LogP contribution in [-0.2, 0) is 6.42 Å². The molecule has 8 heteroatoms. The number of amides is 1. The Morgan fingerprint density at radius 3 is 2.96 bits per heavy atom. The van der Waals surface area contributed by atoms with Gasteiger partial charge < -0.3 is 4.74 Å². The van der Waals surface area contributed by atoms with Crippen molar-refractivity contribution in [1.82, 2.24) is 19.6 Å². The number of carbonyl (C=O) groups is 1. The largest absolute Gasteiger partial charge is 0.497 e. The maximum Gasteiger partial charge on any atom is 0.292 e. The summed E-state index contributed by atoms with van der Waals surface area (Å²) >= 11 is 3.36. The maximum absolute atomic E-state index is 13.0. The van der Waals surface area contributed by atoms with E-state index in [-0.39, 0.29) is 5.91 Å². The molecule has 0 saturated heterocycles. The molecule has 4 rings (SSSR count). The highest BCUT2D eigenvalue weighted by Gasteiger charge is 2.28. The molecule has 0 N–H and O–H groups in total. The minimum atomic E-state index is -0.155.